The van der Waals surface area contributed by atoms with Crippen LogP contribution in [0.2, 0.25) is 0 Å². The first kappa shape index (κ1) is 34.1. The van der Waals surface area contributed by atoms with Gasteiger partial charge in [0, 0.05) is 5.92 Å². The summed E-state index contributed by atoms with van der Waals surface area (Å²) in [7, 11) is 0. The van der Waals surface area contributed by atoms with Crippen molar-refractivity contribution >= 4 is 0 Å². The molecule has 0 radical (unpaired) electrons. The highest BCUT2D eigenvalue weighted by molar-refractivity contribution is 4.79. The van der Waals surface area contributed by atoms with Gasteiger partial charge in [-0.15, -0.1) is 0 Å². The Morgan fingerprint density at radius 1 is 0.500 bits per heavy atom. The molecule has 0 aromatic rings. The van der Waals surface area contributed by atoms with E-state index >= 15 is 0 Å². The van der Waals surface area contributed by atoms with E-state index in [2.05, 4.69) is 20.8 Å². The van der Waals surface area contributed by atoms with Crippen molar-refractivity contribution in [1.29, 1.82) is 0 Å². The van der Waals surface area contributed by atoms with Crippen LogP contribution in [0.1, 0.15) is 97.8 Å². The molecule has 9 atom stereocenters. The summed E-state index contributed by atoms with van der Waals surface area (Å²) in [6.07, 6.45) is 11.9. The average molecular weight is 575 g/mol. The first-order chi connectivity index (χ1) is 19.3. The fourth-order valence-corrected chi connectivity index (χ4v) is 5.03. The molecule has 6 aliphatic rings. The topological polar surface area (TPSA) is 126 Å². The summed E-state index contributed by atoms with van der Waals surface area (Å²) in [5.74, 6) is 0.0392. The van der Waals surface area contributed by atoms with Gasteiger partial charge in [-0.3, -0.25) is 0 Å². The minimum Gasteiger partial charge on any atom is -0.390 e. The summed E-state index contributed by atoms with van der Waals surface area (Å²) in [5, 5.41) is 30.5. The summed E-state index contributed by atoms with van der Waals surface area (Å²) in [6.45, 7) is 10.6. The molecule has 3 saturated carbocycles. The van der Waals surface area contributed by atoms with Crippen LogP contribution in [0.5, 0.6) is 0 Å². The summed E-state index contributed by atoms with van der Waals surface area (Å²) >= 11 is 0. The Morgan fingerprint density at radius 2 is 0.725 bits per heavy atom. The van der Waals surface area contributed by atoms with E-state index in [-0.39, 0.29) is 42.5 Å². The lowest BCUT2D eigenvalue weighted by molar-refractivity contribution is -0.125. The van der Waals surface area contributed by atoms with Crippen LogP contribution >= 0.6 is 0 Å². The largest absolute Gasteiger partial charge is 0.390 e. The van der Waals surface area contributed by atoms with Crippen LogP contribution in [0, 0.1) is 5.92 Å². The van der Waals surface area contributed by atoms with Crippen molar-refractivity contribution in [2.45, 2.75) is 153 Å². The number of epoxide rings is 3. The zero-order valence-electron chi connectivity index (χ0n) is 25.3. The van der Waals surface area contributed by atoms with E-state index in [4.69, 9.17) is 28.4 Å². The first-order valence-corrected chi connectivity index (χ1v) is 16.1. The highest BCUT2D eigenvalue weighted by Crippen LogP contribution is 2.25. The van der Waals surface area contributed by atoms with Crippen LogP contribution < -0.4 is 0 Å². The Morgan fingerprint density at radius 3 is 0.925 bits per heavy atom. The van der Waals surface area contributed by atoms with E-state index < -0.39 is 0 Å². The monoisotopic (exact) mass is 574 g/mol. The second kappa shape index (κ2) is 19.0. The molecule has 3 N–H and O–H groups in total. The predicted octanol–water partition coefficient (Wildman–Crippen LogP) is 3.78. The Hall–Kier alpha value is -0.360. The molecule has 3 aliphatic heterocycles. The molecule has 6 rings (SSSR count). The van der Waals surface area contributed by atoms with Crippen molar-refractivity contribution in [2.75, 3.05) is 39.6 Å². The van der Waals surface area contributed by atoms with Gasteiger partial charge >= 0.3 is 0 Å². The standard InChI is InChI=1S/C22H40O6.3C3H6O/c23-17-7-1-4-10-20(17)26-13-16(14-27-21-11-5-2-8-18(21)24)15-28-22-12-6-3-9-19(22)25;3*1-3-2-4-3/h16-25H,1-15H2;3*3H,2H2,1H3. The highest BCUT2D eigenvalue weighted by Gasteiger charge is 2.29. The SMILES string of the molecule is CC1CO1.CC1CO1.CC1CO1.OC1CCCCC1OCC(COC1CCCCC1O)COC1CCCCC1O. The third-order valence-corrected chi connectivity index (χ3v) is 8.14. The van der Waals surface area contributed by atoms with Crippen molar-refractivity contribution < 1.29 is 43.7 Å². The van der Waals surface area contributed by atoms with E-state index in [1.54, 1.807) is 0 Å². The molecule has 0 bridgehead atoms. The molecule has 236 valence electrons. The second-order valence-corrected chi connectivity index (χ2v) is 12.5. The van der Waals surface area contributed by atoms with Crippen LogP contribution in [-0.2, 0) is 28.4 Å². The van der Waals surface area contributed by atoms with Gasteiger partial charge in [0.2, 0.25) is 0 Å². The zero-order chi connectivity index (χ0) is 28.7. The lowest BCUT2D eigenvalue weighted by Crippen LogP contribution is -2.39. The maximum Gasteiger partial charge on any atom is 0.0834 e. The molecule has 3 saturated heterocycles. The minimum atomic E-state index is -0.378. The fraction of sp³-hybridized carbons (Fsp3) is 1.00. The van der Waals surface area contributed by atoms with Gasteiger partial charge in [-0.2, -0.15) is 0 Å². The average Bonchev–Trinajstić information content (AvgIpc) is 3.84. The maximum absolute atomic E-state index is 10.2. The Bertz CT molecular complexity index is 555. The molecule has 3 heterocycles. The third-order valence-electron chi connectivity index (χ3n) is 8.14. The molecule has 9 nitrogen and oxygen atoms in total. The first-order valence-electron chi connectivity index (χ1n) is 16.1. The lowest BCUT2D eigenvalue weighted by Gasteiger charge is -2.33. The number of ether oxygens (including phenoxy) is 6. The van der Waals surface area contributed by atoms with E-state index in [9.17, 15) is 15.3 Å². The number of hydrogen-bond acceptors (Lipinski definition) is 9. The third kappa shape index (κ3) is 15.8. The fourth-order valence-electron chi connectivity index (χ4n) is 5.03. The smallest absolute Gasteiger partial charge is 0.0834 e. The highest BCUT2D eigenvalue weighted by atomic mass is 16.6. The zero-order valence-corrected chi connectivity index (χ0v) is 25.3. The summed E-state index contributed by atoms with van der Waals surface area (Å²) in [6, 6.07) is 0. The van der Waals surface area contributed by atoms with Gasteiger partial charge in [-0.05, 0) is 59.3 Å². The van der Waals surface area contributed by atoms with E-state index in [0.717, 1.165) is 96.9 Å². The van der Waals surface area contributed by atoms with Crippen LogP contribution in [-0.4, -0.2) is 110 Å². The minimum absolute atomic E-state index is 0.0392. The predicted molar refractivity (Wildman–Crippen MR) is 152 cm³/mol. The van der Waals surface area contributed by atoms with Crippen LogP contribution in [0.15, 0.2) is 0 Å². The van der Waals surface area contributed by atoms with Gasteiger partial charge in [0.25, 0.3) is 0 Å². The van der Waals surface area contributed by atoms with Gasteiger partial charge < -0.3 is 43.7 Å². The molecular weight excluding hydrogens is 516 g/mol. The molecule has 0 aromatic heterocycles. The number of aliphatic hydroxyl groups is 3. The molecule has 0 spiro atoms. The summed E-state index contributed by atoms with van der Waals surface area (Å²) in [4.78, 5) is 0. The second-order valence-electron chi connectivity index (χ2n) is 12.5. The van der Waals surface area contributed by atoms with Crippen molar-refractivity contribution in [3.8, 4) is 0 Å². The molecule has 3 aliphatic carbocycles. The molecular formula is C31H58O9. The van der Waals surface area contributed by atoms with Crippen LogP contribution in [0.4, 0.5) is 0 Å². The van der Waals surface area contributed by atoms with Gasteiger partial charge in [-0.25, -0.2) is 0 Å². The number of rotatable bonds is 9. The van der Waals surface area contributed by atoms with Crippen molar-refractivity contribution in [3.05, 3.63) is 0 Å². The Labute approximate surface area is 242 Å². The van der Waals surface area contributed by atoms with Gasteiger partial charge in [0.15, 0.2) is 0 Å². The molecule has 0 aromatic carbocycles. The maximum atomic E-state index is 10.2. The van der Waals surface area contributed by atoms with Crippen molar-refractivity contribution in [1.82, 2.24) is 0 Å². The lowest BCUT2D eigenvalue weighted by atomic mass is 9.94. The molecule has 9 heteroatoms. The summed E-state index contributed by atoms with van der Waals surface area (Å²) < 4.78 is 32.3. The summed E-state index contributed by atoms with van der Waals surface area (Å²) in [5.41, 5.74) is 0. The van der Waals surface area contributed by atoms with E-state index in [1.165, 1.54) is 0 Å². The number of hydrogen-bond donors (Lipinski definition) is 3. The van der Waals surface area contributed by atoms with Crippen molar-refractivity contribution in [3.63, 3.8) is 0 Å². The Kier molecular flexibility index (Phi) is 16.2. The van der Waals surface area contributed by atoms with Gasteiger partial charge in [0.05, 0.1) is 94.6 Å². The van der Waals surface area contributed by atoms with E-state index in [0.29, 0.717) is 38.1 Å². The normalized spacial score (nSPS) is 38.7. The molecule has 6 fully saturated rings. The number of aliphatic hydroxyl groups excluding tert-OH is 3. The molecule has 40 heavy (non-hydrogen) atoms. The van der Waals surface area contributed by atoms with Gasteiger partial charge in [0.1, 0.15) is 0 Å². The molecule has 9 unspecified atom stereocenters. The molecule has 0 amide bonds. The van der Waals surface area contributed by atoms with Gasteiger partial charge in [-0.1, -0.05) is 38.5 Å². The van der Waals surface area contributed by atoms with Crippen molar-refractivity contribution in [2.24, 2.45) is 5.92 Å². The van der Waals surface area contributed by atoms with E-state index in [1.807, 2.05) is 0 Å². The van der Waals surface area contributed by atoms with Crippen LogP contribution in [0.3, 0.4) is 0 Å². The quantitative estimate of drug-likeness (QED) is 0.353. The Balaban J connectivity index is 0.000000297. The van der Waals surface area contributed by atoms with Crippen LogP contribution in [0.25, 0.3) is 0 Å².